The number of pyridine rings is 1. The van der Waals surface area contributed by atoms with Gasteiger partial charge in [-0.1, -0.05) is 18.2 Å². The number of piperidine rings is 3. The number of rotatable bonds is 6. The number of ether oxygens (including phenoxy) is 2. The fourth-order valence-corrected chi connectivity index (χ4v) is 6.19. The van der Waals surface area contributed by atoms with Gasteiger partial charge in [0.05, 0.1) is 24.2 Å². The molecule has 3 aliphatic heterocycles. The molecule has 5 atom stereocenters. The van der Waals surface area contributed by atoms with E-state index in [1.165, 1.54) is 0 Å². The molecule has 37 heavy (non-hydrogen) atoms. The fourth-order valence-electron chi connectivity index (χ4n) is 6.19. The van der Waals surface area contributed by atoms with E-state index < -0.39 is 6.10 Å². The third kappa shape index (κ3) is 4.21. The van der Waals surface area contributed by atoms with Gasteiger partial charge in [0.2, 0.25) is 0 Å². The van der Waals surface area contributed by atoms with Crippen LogP contribution in [0.3, 0.4) is 0 Å². The molecule has 1 N–H and O–H groups in total. The van der Waals surface area contributed by atoms with Gasteiger partial charge in [-0.2, -0.15) is 0 Å². The van der Waals surface area contributed by atoms with Crippen LogP contribution in [0.1, 0.15) is 34.9 Å². The number of aromatic hydroxyl groups is 1. The zero-order chi connectivity index (χ0) is 25.5. The van der Waals surface area contributed by atoms with Crippen LogP contribution in [0.5, 0.6) is 11.5 Å². The number of methoxy groups -OCH3 is 1. The molecule has 0 aliphatic carbocycles. The largest absolute Gasteiger partial charge is 0.508 e. The maximum atomic E-state index is 13.8. The van der Waals surface area contributed by atoms with Crippen LogP contribution < -0.4 is 4.74 Å². The second-order valence-electron chi connectivity index (χ2n) is 10.1. The number of nitrogens with zero attached hydrogens (tertiary/aromatic N) is 2. The van der Waals surface area contributed by atoms with Gasteiger partial charge in [-0.15, -0.1) is 6.58 Å². The number of benzene rings is 3. The van der Waals surface area contributed by atoms with Crippen LogP contribution in [0, 0.1) is 11.8 Å². The van der Waals surface area contributed by atoms with Crippen LogP contribution >= 0.6 is 0 Å². The SMILES string of the molecule is C=C[C@H]1CN2CC[C@H]1C[C@@H]2[C@@H](OC(=O)c1cccc2cc(O)ccc12)c1ccnc2ccc(OC)cc12. The molecule has 3 fully saturated rings. The van der Waals surface area contributed by atoms with E-state index in [0.29, 0.717) is 17.4 Å². The van der Waals surface area contributed by atoms with Crippen molar-refractivity contribution in [3.05, 3.63) is 90.6 Å². The number of carbonyl (C=O) groups excluding carboxylic acids is 1. The maximum Gasteiger partial charge on any atom is 0.339 e. The topological polar surface area (TPSA) is 71.9 Å². The number of hydrogen-bond donors (Lipinski definition) is 1. The van der Waals surface area contributed by atoms with Gasteiger partial charge >= 0.3 is 5.97 Å². The zero-order valence-electron chi connectivity index (χ0n) is 20.8. The number of aromatic nitrogens is 1. The van der Waals surface area contributed by atoms with Crippen LogP contribution in [0.4, 0.5) is 0 Å². The van der Waals surface area contributed by atoms with Gasteiger partial charge in [0.1, 0.15) is 17.6 Å². The molecule has 3 saturated heterocycles. The number of hydrogen-bond acceptors (Lipinski definition) is 6. The average molecular weight is 495 g/mol. The molecule has 4 aromatic rings. The maximum absolute atomic E-state index is 13.8. The predicted molar refractivity (Wildman–Crippen MR) is 144 cm³/mol. The molecule has 3 aliphatic rings. The van der Waals surface area contributed by atoms with Gasteiger partial charge in [0.25, 0.3) is 0 Å². The molecule has 4 heterocycles. The van der Waals surface area contributed by atoms with Gasteiger partial charge in [0, 0.05) is 23.7 Å². The van der Waals surface area contributed by atoms with E-state index in [4.69, 9.17) is 9.47 Å². The van der Waals surface area contributed by atoms with E-state index in [1.54, 1.807) is 37.6 Å². The van der Waals surface area contributed by atoms with Gasteiger partial charge in [-0.25, -0.2) is 4.79 Å². The third-order valence-electron chi connectivity index (χ3n) is 8.11. The molecule has 6 heteroatoms. The van der Waals surface area contributed by atoms with E-state index in [1.807, 2.05) is 36.4 Å². The standard InChI is InChI=1S/C31H30N2O4/c1-3-19-18-33-14-12-20(19)16-29(33)30(25-11-13-32-28-10-8-23(36-2)17-27(25)28)37-31(35)26-6-4-5-21-15-22(34)7-9-24(21)26/h3-11,13,15,17,19-20,29-30,34H,1,12,14,16,18H2,2H3/t19-,20-,29+,30-/m0/s1. The summed E-state index contributed by atoms with van der Waals surface area (Å²) >= 11 is 0. The highest BCUT2D eigenvalue weighted by Gasteiger charge is 2.44. The van der Waals surface area contributed by atoms with Crippen molar-refractivity contribution in [1.29, 1.82) is 0 Å². The molecule has 0 saturated carbocycles. The summed E-state index contributed by atoms with van der Waals surface area (Å²) in [6, 6.07) is 18.3. The van der Waals surface area contributed by atoms with Crippen molar-refractivity contribution >= 4 is 27.6 Å². The summed E-state index contributed by atoms with van der Waals surface area (Å²) in [7, 11) is 1.65. The quantitative estimate of drug-likeness (QED) is 0.266. The Morgan fingerprint density at radius 2 is 2.05 bits per heavy atom. The van der Waals surface area contributed by atoms with Gasteiger partial charge in [-0.3, -0.25) is 9.88 Å². The van der Waals surface area contributed by atoms with Gasteiger partial charge in [0.15, 0.2) is 0 Å². The Bertz CT molecular complexity index is 1500. The van der Waals surface area contributed by atoms with E-state index in [2.05, 4.69) is 22.5 Å². The van der Waals surface area contributed by atoms with Crippen molar-refractivity contribution < 1.29 is 19.4 Å². The number of esters is 1. The Labute approximate surface area is 216 Å². The normalized spacial score (nSPS) is 23.6. The van der Waals surface area contributed by atoms with Crippen LogP contribution in [-0.2, 0) is 4.74 Å². The Kier molecular flexibility index (Phi) is 6.05. The van der Waals surface area contributed by atoms with Gasteiger partial charge in [-0.05, 0) is 90.5 Å². The minimum absolute atomic E-state index is 0.0507. The molecule has 3 aromatic carbocycles. The van der Waals surface area contributed by atoms with Gasteiger partial charge < -0.3 is 14.6 Å². The molecule has 7 rings (SSSR count). The molecule has 1 aromatic heterocycles. The van der Waals surface area contributed by atoms with Crippen LogP contribution in [0.15, 0.2) is 79.5 Å². The first-order valence-electron chi connectivity index (χ1n) is 12.8. The van der Waals surface area contributed by atoms with Crippen molar-refractivity contribution in [2.24, 2.45) is 11.8 Å². The number of phenolic OH excluding ortho intramolecular Hbond substituents is 1. The first kappa shape index (κ1) is 23.5. The minimum Gasteiger partial charge on any atom is -0.508 e. The lowest BCUT2D eigenvalue weighted by molar-refractivity contribution is -0.0567. The number of phenols is 1. The Morgan fingerprint density at radius 3 is 2.84 bits per heavy atom. The summed E-state index contributed by atoms with van der Waals surface area (Å²) in [6.45, 7) is 5.97. The lowest BCUT2D eigenvalue weighted by Crippen LogP contribution is -2.55. The second-order valence-corrected chi connectivity index (χ2v) is 10.1. The predicted octanol–water partition coefficient (Wildman–Crippen LogP) is 5.90. The average Bonchev–Trinajstić information content (AvgIpc) is 2.94. The first-order chi connectivity index (χ1) is 18.1. The van der Waals surface area contributed by atoms with E-state index in [0.717, 1.165) is 58.9 Å². The van der Waals surface area contributed by atoms with Crippen LogP contribution in [-0.4, -0.2) is 47.2 Å². The van der Waals surface area contributed by atoms with Crippen LogP contribution in [0.2, 0.25) is 0 Å². The van der Waals surface area contributed by atoms with Crippen molar-refractivity contribution in [1.82, 2.24) is 9.88 Å². The summed E-state index contributed by atoms with van der Waals surface area (Å²) < 4.78 is 12.0. The molecule has 0 radical (unpaired) electrons. The second kappa shape index (κ2) is 9.52. The monoisotopic (exact) mass is 494 g/mol. The molecular weight excluding hydrogens is 464 g/mol. The Morgan fingerprint density at radius 1 is 1.16 bits per heavy atom. The highest BCUT2D eigenvalue weighted by Crippen LogP contribution is 2.44. The number of carbonyl (C=O) groups is 1. The first-order valence-corrected chi connectivity index (χ1v) is 12.8. The van der Waals surface area contributed by atoms with Crippen molar-refractivity contribution in [2.45, 2.75) is 25.0 Å². The Hall–Kier alpha value is -3.90. The fraction of sp³-hybridized carbons (Fsp3) is 0.290. The minimum atomic E-state index is -0.481. The smallest absolute Gasteiger partial charge is 0.339 e. The summed E-state index contributed by atoms with van der Waals surface area (Å²) in [5.74, 6) is 1.50. The van der Waals surface area contributed by atoms with Crippen molar-refractivity contribution in [2.75, 3.05) is 20.2 Å². The van der Waals surface area contributed by atoms with E-state index >= 15 is 0 Å². The van der Waals surface area contributed by atoms with Crippen molar-refractivity contribution in [3.63, 3.8) is 0 Å². The van der Waals surface area contributed by atoms with E-state index in [-0.39, 0.29) is 17.8 Å². The third-order valence-corrected chi connectivity index (χ3v) is 8.11. The molecule has 0 amide bonds. The lowest BCUT2D eigenvalue weighted by atomic mass is 9.73. The molecule has 2 bridgehead atoms. The highest BCUT2D eigenvalue weighted by molar-refractivity contribution is 6.05. The number of fused-ring (bicyclic) bond motifs is 5. The molecule has 188 valence electrons. The molecule has 6 nitrogen and oxygen atoms in total. The van der Waals surface area contributed by atoms with Crippen LogP contribution in [0.25, 0.3) is 21.7 Å². The molecule has 1 unspecified atom stereocenters. The summed E-state index contributed by atoms with van der Waals surface area (Å²) in [6.07, 6.45) is 5.45. The highest BCUT2D eigenvalue weighted by atomic mass is 16.5. The summed E-state index contributed by atoms with van der Waals surface area (Å²) in [5, 5.41) is 12.4. The molecular formula is C31H30N2O4. The summed E-state index contributed by atoms with van der Waals surface area (Å²) in [5.41, 5.74) is 2.25. The lowest BCUT2D eigenvalue weighted by Gasteiger charge is -2.51. The summed E-state index contributed by atoms with van der Waals surface area (Å²) in [4.78, 5) is 20.8. The Balaban J connectivity index is 1.44. The van der Waals surface area contributed by atoms with Crippen molar-refractivity contribution in [3.8, 4) is 11.5 Å². The molecule has 0 spiro atoms. The zero-order valence-corrected chi connectivity index (χ0v) is 20.8. The van der Waals surface area contributed by atoms with E-state index in [9.17, 15) is 9.90 Å².